The van der Waals surface area contributed by atoms with Crippen molar-refractivity contribution < 1.29 is 23.1 Å². The van der Waals surface area contributed by atoms with Crippen LogP contribution in [0.15, 0.2) is 48.5 Å². The Bertz CT molecular complexity index is 874. The molecule has 142 valence electrons. The highest BCUT2D eigenvalue weighted by atomic mass is 19.1. The predicted molar refractivity (Wildman–Crippen MR) is 96.8 cm³/mol. The van der Waals surface area contributed by atoms with Gasteiger partial charge in [-0.25, -0.2) is 13.6 Å². The lowest BCUT2D eigenvalue weighted by atomic mass is 9.86. The van der Waals surface area contributed by atoms with Crippen LogP contribution in [0.25, 0.3) is 0 Å². The summed E-state index contributed by atoms with van der Waals surface area (Å²) >= 11 is 0. The molecule has 0 unspecified atom stereocenters. The van der Waals surface area contributed by atoms with Gasteiger partial charge in [-0.2, -0.15) is 0 Å². The zero-order chi connectivity index (χ0) is 19.8. The minimum Gasteiger partial charge on any atom is -0.444 e. The number of rotatable bonds is 3. The summed E-state index contributed by atoms with van der Waals surface area (Å²) in [6.07, 6.45) is -1.03. The summed E-state index contributed by atoms with van der Waals surface area (Å²) in [7, 11) is 0. The quantitative estimate of drug-likeness (QED) is 0.859. The van der Waals surface area contributed by atoms with Crippen molar-refractivity contribution in [2.75, 3.05) is 0 Å². The van der Waals surface area contributed by atoms with Gasteiger partial charge in [0.1, 0.15) is 11.4 Å². The molecule has 0 heterocycles. The van der Waals surface area contributed by atoms with Crippen LogP contribution in [0.3, 0.4) is 0 Å². The Morgan fingerprint density at radius 3 is 2.37 bits per heavy atom. The molecule has 0 spiro atoms. The molecule has 1 N–H and O–H groups in total. The SMILES string of the molecule is CC(C)(C)OC(=O)N[C@@H](c1ccc(F)cc1)[C@@]1(F)Cc2ccccc2C1=O. The van der Waals surface area contributed by atoms with Crippen molar-refractivity contribution in [3.8, 4) is 0 Å². The summed E-state index contributed by atoms with van der Waals surface area (Å²) in [6.45, 7) is 5.05. The van der Waals surface area contributed by atoms with Crippen molar-refractivity contribution in [2.45, 2.75) is 44.5 Å². The average Bonchev–Trinajstić information content (AvgIpc) is 2.84. The van der Waals surface area contributed by atoms with Crippen molar-refractivity contribution in [3.63, 3.8) is 0 Å². The summed E-state index contributed by atoms with van der Waals surface area (Å²) < 4.78 is 34.6. The van der Waals surface area contributed by atoms with Gasteiger partial charge >= 0.3 is 6.09 Å². The summed E-state index contributed by atoms with van der Waals surface area (Å²) in [6, 6.07) is 10.4. The molecule has 1 amide bonds. The van der Waals surface area contributed by atoms with Gasteiger partial charge < -0.3 is 10.1 Å². The van der Waals surface area contributed by atoms with Crippen LogP contribution in [-0.4, -0.2) is 23.1 Å². The minimum absolute atomic E-state index is 0.181. The first-order valence-electron chi connectivity index (χ1n) is 8.67. The number of alkyl carbamates (subject to hydrolysis) is 1. The molecule has 27 heavy (non-hydrogen) atoms. The number of carbonyl (C=O) groups is 2. The molecule has 4 nitrogen and oxygen atoms in total. The van der Waals surface area contributed by atoms with Crippen molar-refractivity contribution in [2.24, 2.45) is 0 Å². The number of ketones is 1. The van der Waals surface area contributed by atoms with Crippen molar-refractivity contribution in [1.82, 2.24) is 5.32 Å². The van der Waals surface area contributed by atoms with Crippen molar-refractivity contribution >= 4 is 11.9 Å². The third-order valence-electron chi connectivity index (χ3n) is 4.41. The second-order valence-corrected chi connectivity index (χ2v) is 7.66. The maximum absolute atomic E-state index is 16.0. The van der Waals surface area contributed by atoms with Crippen LogP contribution in [0, 0.1) is 5.82 Å². The first-order chi connectivity index (χ1) is 12.6. The standard InChI is InChI=1S/C21H21F2NO3/c1-20(2,3)27-19(26)24-17(13-8-10-15(22)11-9-13)21(23)12-14-6-4-5-7-16(14)18(21)25/h4-11,17H,12H2,1-3H3,(H,24,26)/t17-,21-/m0/s1. The van der Waals surface area contributed by atoms with Gasteiger partial charge in [-0.1, -0.05) is 36.4 Å². The molecular formula is C21H21F2NO3. The molecule has 0 bridgehead atoms. The van der Waals surface area contributed by atoms with Crippen molar-refractivity contribution in [1.29, 1.82) is 0 Å². The Balaban J connectivity index is 1.98. The average molecular weight is 373 g/mol. The monoisotopic (exact) mass is 373 g/mol. The second-order valence-electron chi connectivity index (χ2n) is 7.66. The number of Topliss-reactive ketones (excluding diaryl/α,β-unsaturated/α-hetero) is 1. The fourth-order valence-electron chi connectivity index (χ4n) is 3.25. The molecule has 1 aliphatic rings. The van der Waals surface area contributed by atoms with E-state index in [0.717, 1.165) is 12.1 Å². The first kappa shape index (κ1) is 19.0. The highest BCUT2D eigenvalue weighted by molar-refractivity contribution is 6.07. The maximum Gasteiger partial charge on any atom is 0.408 e. The highest BCUT2D eigenvalue weighted by Gasteiger charge is 2.53. The summed E-state index contributed by atoms with van der Waals surface area (Å²) in [5, 5.41) is 2.48. The molecule has 0 aliphatic heterocycles. The van der Waals surface area contributed by atoms with Crippen LogP contribution in [0.1, 0.15) is 48.3 Å². The molecule has 0 saturated carbocycles. The molecule has 0 aromatic heterocycles. The van der Waals surface area contributed by atoms with E-state index in [9.17, 15) is 14.0 Å². The summed E-state index contributed by atoms with van der Waals surface area (Å²) in [5.41, 5.74) is -2.03. The lowest BCUT2D eigenvalue weighted by Gasteiger charge is -2.31. The van der Waals surface area contributed by atoms with Crippen LogP contribution < -0.4 is 5.32 Å². The van der Waals surface area contributed by atoms with Crippen LogP contribution in [0.5, 0.6) is 0 Å². The molecule has 2 aromatic rings. The van der Waals surface area contributed by atoms with Crippen LogP contribution >= 0.6 is 0 Å². The Morgan fingerprint density at radius 2 is 1.78 bits per heavy atom. The molecule has 0 radical (unpaired) electrons. The fourth-order valence-corrected chi connectivity index (χ4v) is 3.25. The van der Waals surface area contributed by atoms with Gasteiger partial charge in [-0.05, 0) is 44.0 Å². The van der Waals surface area contributed by atoms with E-state index < -0.39 is 35.0 Å². The Hall–Kier alpha value is -2.76. The number of benzene rings is 2. The van der Waals surface area contributed by atoms with Gasteiger partial charge in [-0.3, -0.25) is 4.79 Å². The van der Waals surface area contributed by atoms with E-state index in [1.54, 1.807) is 45.0 Å². The third kappa shape index (κ3) is 3.84. The van der Waals surface area contributed by atoms with E-state index in [0.29, 0.717) is 5.56 Å². The molecular weight excluding hydrogens is 352 g/mol. The Labute approximate surface area is 156 Å². The second kappa shape index (κ2) is 6.76. The normalized spacial score (nSPS) is 20.1. The zero-order valence-electron chi connectivity index (χ0n) is 15.4. The molecule has 2 atom stereocenters. The maximum atomic E-state index is 16.0. The van der Waals surface area contributed by atoms with Crippen LogP contribution in [0.4, 0.5) is 13.6 Å². The number of nitrogens with one attached hydrogen (secondary N) is 1. The van der Waals surface area contributed by atoms with E-state index in [1.807, 2.05) is 0 Å². The number of fused-ring (bicyclic) bond motifs is 1. The lowest BCUT2D eigenvalue weighted by molar-refractivity contribution is 0.0372. The summed E-state index contributed by atoms with van der Waals surface area (Å²) in [5.74, 6) is -1.20. The number of amides is 1. The number of halogens is 2. The molecule has 3 rings (SSSR count). The number of hydrogen-bond acceptors (Lipinski definition) is 3. The third-order valence-corrected chi connectivity index (χ3v) is 4.41. The largest absolute Gasteiger partial charge is 0.444 e. The number of ether oxygens (including phenoxy) is 1. The highest BCUT2D eigenvalue weighted by Crippen LogP contribution is 2.42. The van der Waals surface area contributed by atoms with Gasteiger partial charge in [0.2, 0.25) is 11.5 Å². The van der Waals surface area contributed by atoms with E-state index >= 15 is 4.39 Å². The van der Waals surface area contributed by atoms with Gasteiger partial charge in [0.15, 0.2) is 0 Å². The lowest BCUT2D eigenvalue weighted by Crippen LogP contribution is -2.48. The zero-order valence-corrected chi connectivity index (χ0v) is 15.4. The first-order valence-corrected chi connectivity index (χ1v) is 8.67. The Kier molecular flexibility index (Phi) is 4.76. The van der Waals surface area contributed by atoms with Crippen LogP contribution in [0.2, 0.25) is 0 Å². The van der Waals surface area contributed by atoms with E-state index in [1.165, 1.54) is 12.1 Å². The smallest absolute Gasteiger partial charge is 0.408 e. The summed E-state index contributed by atoms with van der Waals surface area (Å²) in [4.78, 5) is 25.1. The molecule has 0 fully saturated rings. The van der Waals surface area contributed by atoms with E-state index in [-0.39, 0.29) is 17.5 Å². The fraction of sp³-hybridized carbons (Fsp3) is 0.333. The molecule has 6 heteroatoms. The molecule has 0 saturated heterocycles. The number of alkyl halides is 1. The number of hydrogen-bond donors (Lipinski definition) is 1. The predicted octanol–water partition coefficient (Wildman–Crippen LogP) is 4.54. The topological polar surface area (TPSA) is 55.4 Å². The number of carbonyl (C=O) groups excluding carboxylic acids is 2. The Morgan fingerprint density at radius 1 is 1.15 bits per heavy atom. The van der Waals surface area contributed by atoms with Crippen molar-refractivity contribution in [3.05, 3.63) is 71.0 Å². The van der Waals surface area contributed by atoms with Gasteiger partial charge in [0, 0.05) is 12.0 Å². The van der Waals surface area contributed by atoms with E-state index in [4.69, 9.17) is 4.74 Å². The molecule has 1 aliphatic carbocycles. The van der Waals surface area contributed by atoms with Crippen LogP contribution in [-0.2, 0) is 11.2 Å². The minimum atomic E-state index is -2.39. The molecule has 2 aromatic carbocycles. The van der Waals surface area contributed by atoms with Gasteiger partial charge in [-0.15, -0.1) is 0 Å². The van der Waals surface area contributed by atoms with Gasteiger partial charge in [0.05, 0.1) is 6.04 Å². The van der Waals surface area contributed by atoms with E-state index in [2.05, 4.69) is 5.32 Å². The van der Waals surface area contributed by atoms with Gasteiger partial charge in [0.25, 0.3) is 0 Å².